The molecule has 5 nitrogen and oxygen atoms in total. The Bertz CT molecular complexity index is 1130. The molecule has 0 aliphatic rings. The van der Waals surface area contributed by atoms with Gasteiger partial charge in [-0.25, -0.2) is 9.97 Å². The van der Waals surface area contributed by atoms with Crippen molar-refractivity contribution in [3.63, 3.8) is 0 Å². The molecule has 0 saturated heterocycles. The molecule has 3 N–H and O–H groups in total. The van der Waals surface area contributed by atoms with E-state index in [4.69, 9.17) is 10.7 Å². The molecule has 1 aromatic carbocycles. The molecule has 164 valence electrons. The Kier molecular flexibility index (Phi) is 7.20. The number of anilines is 1. The molecule has 0 atom stereocenters. The van der Waals surface area contributed by atoms with Crippen LogP contribution in [-0.2, 0) is 19.5 Å². The molecule has 4 aromatic rings. The molecule has 0 aliphatic heterocycles. The van der Waals surface area contributed by atoms with E-state index in [9.17, 15) is 0 Å². The largest absolute Gasteiger partial charge is 0.382 e. The zero-order valence-electron chi connectivity index (χ0n) is 18.7. The number of nitrogens with one attached hydrogen (secondary N) is 1. The topological polar surface area (TPSA) is 68.8 Å². The highest BCUT2D eigenvalue weighted by atomic mass is 32.1. The number of imidazole rings is 1. The first-order chi connectivity index (χ1) is 15.2. The second-order valence-electron chi connectivity index (χ2n) is 8.25. The molecule has 3 aromatic heterocycles. The number of thiophene rings is 1. The van der Waals surface area contributed by atoms with Crippen LogP contribution in [0.1, 0.15) is 62.9 Å². The van der Waals surface area contributed by atoms with Gasteiger partial charge in [0, 0.05) is 19.5 Å². The maximum atomic E-state index is 6.29. The summed E-state index contributed by atoms with van der Waals surface area (Å²) >= 11 is 1.72. The molecule has 0 spiro atoms. The molecular formula is C25H33N5S. The quantitative estimate of drug-likeness (QED) is 0.288. The Morgan fingerprint density at radius 1 is 0.968 bits per heavy atom. The van der Waals surface area contributed by atoms with Crippen LogP contribution in [-0.4, -0.2) is 21.1 Å². The number of nitrogen functional groups attached to an aromatic ring is 1. The van der Waals surface area contributed by atoms with Crippen LogP contribution in [0.15, 0.2) is 35.7 Å². The van der Waals surface area contributed by atoms with E-state index < -0.39 is 0 Å². The zero-order chi connectivity index (χ0) is 21.6. The summed E-state index contributed by atoms with van der Waals surface area (Å²) in [7, 11) is 0. The fourth-order valence-corrected chi connectivity index (χ4v) is 4.92. The predicted molar refractivity (Wildman–Crippen MR) is 133 cm³/mol. The molecule has 0 bridgehead atoms. The highest BCUT2D eigenvalue weighted by Crippen LogP contribution is 2.33. The SMILES string of the molecule is CCCCCNCc1ccc(Cn2c(CCCC)nc3c(N)nc4ccsc4c32)cc1. The van der Waals surface area contributed by atoms with E-state index >= 15 is 0 Å². The van der Waals surface area contributed by atoms with E-state index in [-0.39, 0.29) is 0 Å². The van der Waals surface area contributed by atoms with Gasteiger partial charge in [-0.05, 0) is 42.0 Å². The van der Waals surface area contributed by atoms with Gasteiger partial charge < -0.3 is 15.6 Å². The molecule has 0 aliphatic carbocycles. The van der Waals surface area contributed by atoms with Crippen LogP contribution in [0.3, 0.4) is 0 Å². The molecule has 31 heavy (non-hydrogen) atoms. The minimum Gasteiger partial charge on any atom is -0.382 e. The molecule has 0 saturated carbocycles. The summed E-state index contributed by atoms with van der Waals surface area (Å²) in [5.74, 6) is 1.63. The van der Waals surface area contributed by atoms with Crippen molar-refractivity contribution in [1.82, 2.24) is 19.9 Å². The third kappa shape index (κ3) is 4.91. The van der Waals surface area contributed by atoms with Gasteiger partial charge in [-0.1, -0.05) is 57.4 Å². The summed E-state index contributed by atoms with van der Waals surface area (Å²) in [5.41, 5.74) is 11.8. The molecule has 6 heteroatoms. The van der Waals surface area contributed by atoms with E-state index in [1.54, 1.807) is 11.3 Å². The van der Waals surface area contributed by atoms with Gasteiger partial charge in [0.2, 0.25) is 0 Å². The lowest BCUT2D eigenvalue weighted by Gasteiger charge is -2.11. The van der Waals surface area contributed by atoms with Crippen molar-refractivity contribution >= 4 is 38.4 Å². The Morgan fingerprint density at radius 3 is 2.52 bits per heavy atom. The second kappa shape index (κ2) is 10.2. The Hall–Kier alpha value is -2.44. The lowest BCUT2D eigenvalue weighted by Crippen LogP contribution is -2.14. The average Bonchev–Trinajstić information content (AvgIpc) is 3.38. The fourth-order valence-electron chi connectivity index (χ4n) is 4.03. The van der Waals surface area contributed by atoms with Crippen molar-refractivity contribution in [2.45, 2.75) is 65.5 Å². The van der Waals surface area contributed by atoms with E-state index in [1.807, 2.05) is 6.07 Å². The van der Waals surface area contributed by atoms with Crippen LogP contribution in [0.5, 0.6) is 0 Å². The van der Waals surface area contributed by atoms with Crippen molar-refractivity contribution < 1.29 is 0 Å². The molecule has 0 unspecified atom stereocenters. The number of hydrogen-bond donors (Lipinski definition) is 2. The van der Waals surface area contributed by atoms with Gasteiger partial charge in [0.1, 0.15) is 11.3 Å². The highest BCUT2D eigenvalue weighted by molar-refractivity contribution is 7.18. The minimum atomic E-state index is 0.530. The smallest absolute Gasteiger partial charge is 0.152 e. The van der Waals surface area contributed by atoms with Gasteiger partial charge in [-0.15, -0.1) is 11.3 Å². The summed E-state index contributed by atoms with van der Waals surface area (Å²) < 4.78 is 3.53. The number of nitrogens with zero attached hydrogens (tertiary/aromatic N) is 3. The standard InChI is InChI=1S/C25H33N5S/c1-3-5-7-14-27-16-18-9-11-19(12-10-18)17-30-21(8-6-4-2)29-22-23(30)24-20(13-15-31-24)28-25(22)26/h9-13,15,27H,3-8,14,16-17H2,1-2H3,(H2,26,28). The Balaban J connectivity index is 1.59. The minimum absolute atomic E-state index is 0.530. The monoisotopic (exact) mass is 435 g/mol. The van der Waals surface area contributed by atoms with Gasteiger partial charge in [0.05, 0.1) is 15.7 Å². The van der Waals surface area contributed by atoms with Crippen molar-refractivity contribution in [3.8, 4) is 0 Å². The average molecular weight is 436 g/mol. The predicted octanol–water partition coefficient (Wildman–Crippen LogP) is 5.90. The van der Waals surface area contributed by atoms with Gasteiger partial charge in [0.25, 0.3) is 0 Å². The number of unbranched alkanes of at least 4 members (excludes halogenated alkanes) is 3. The molecule has 0 amide bonds. The number of aryl methyl sites for hydroxylation is 1. The van der Waals surface area contributed by atoms with Gasteiger partial charge in [-0.2, -0.15) is 0 Å². The normalized spacial score (nSPS) is 11.7. The van der Waals surface area contributed by atoms with Crippen LogP contribution in [0.4, 0.5) is 5.82 Å². The number of hydrogen-bond acceptors (Lipinski definition) is 5. The van der Waals surface area contributed by atoms with Gasteiger partial charge in [-0.3, -0.25) is 0 Å². The number of rotatable bonds is 11. The molecule has 0 fully saturated rings. The van der Waals surface area contributed by atoms with Crippen LogP contribution in [0.25, 0.3) is 21.3 Å². The maximum absolute atomic E-state index is 6.29. The summed E-state index contributed by atoms with van der Waals surface area (Å²) in [6.45, 7) is 7.28. The molecular weight excluding hydrogens is 402 g/mol. The van der Waals surface area contributed by atoms with Crippen molar-refractivity contribution in [1.29, 1.82) is 0 Å². The van der Waals surface area contributed by atoms with E-state index in [1.165, 1.54) is 35.1 Å². The summed E-state index contributed by atoms with van der Waals surface area (Å²) in [6.07, 6.45) is 7.02. The molecule has 4 rings (SSSR count). The number of pyridine rings is 1. The maximum Gasteiger partial charge on any atom is 0.152 e. The fraction of sp³-hybridized carbons (Fsp3) is 0.440. The second-order valence-corrected chi connectivity index (χ2v) is 9.16. The van der Waals surface area contributed by atoms with E-state index in [0.717, 1.165) is 61.3 Å². The number of aromatic nitrogens is 3. The third-order valence-electron chi connectivity index (χ3n) is 5.79. The Labute approximate surface area is 188 Å². The van der Waals surface area contributed by atoms with E-state index in [2.05, 4.69) is 58.4 Å². The first-order valence-corrected chi connectivity index (χ1v) is 12.4. The van der Waals surface area contributed by atoms with Crippen LogP contribution < -0.4 is 11.1 Å². The summed E-state index contributed by atoms with van der Waals surface area (Å²) in [4.78, 5) is 9.50. The van der Waals surface area contributed by atoms with Crippen LogP contribution in [0, 0.1) is 0 Å². The molecule has 0 radical (unpaired) electrons. The molecule has 3 heterocycles. The van der Waals surface area contributed by atoms with Crippen molar-refractivity contribution in [2.24, 2.45) is 0 Å². The van der Waals surface area contributed by atoms with Crippen molar-refractivity contribution in [3.05, 3.63) is 52.7 Å². The highest BCUT2D eigenvalue weighted by Gasteiger charge is 2.18. The summed E-state index contributed by atoms with van der Waals surface area (Å²) in [5, 5.41) is 5.63. The number of benzene rings is 1. The third-order valence-corrected chi connectivity index (χ3v) is 6.70. The first kappa shape index (κ1) is 21.8. The van der Waals surface area contributed by atoms with Crippen LogP contribution in [0.2, 0.25) is 0 Å². The zero-order valence-corrected chi connectivity index (χ0v) is 19.5. The lowest BCUT2D eigenvalue weighted by molar-refractivity contribution is 0.616. The van der Waals surface area contributed by atoms with Crippen LogP contribution >= 0.6 is 11.3 Å². The Morgan fingerprint density at radius 2 is 1.74 bits per heavy atom. The van der Waals surface area contributed by atoms with Crippen molar-refractivity contribution in [2.75, 3.05) is 12.3 Å². The van der Waals surface area contributed by atoms with Gasteiger partial charge >= 0.3 is 0 Å². The summed E-state index contributed by atoms with van der Waals surface area (Å²) in [6, 6.07) is 11.0. The van der Waals surface area contributed by atoms with E-state index in [0.29, 0.717) is 5.82 Å². The van der Waals surface area contributed by atoms with Gasteiger partial charge in [0.15, 0.2) is 5.82 Å². The first-order valence-electron chi connectivity index (χ1n) is 11.5. The number of nitrogens with two attached hydrogens (primary N) is 1. The number of fused-ring (bicyclic) bond motifs is 3. The lowest BCUT2D eigenvalue weighted by atomic mass is 10.1.